The molecule has 0 spiro atoms. The van der Waals surface area contributed by atoms with Crippen LogP contribution in [0, 0.1) is 0 Å². The third-order valence-electron chi connectivity index (χ3n) is 7.87. The number of nitrogens with zero attached hydrogens (tertiary/aromatic N) is 4. The SMILES string of the molecule is COc1cc(-c2[nH]c3ccc(C4CCC(N5CCC5)CC4)cc3c2C(C)C)cn2ncnc12. The number of ether oxygens (including phenoxy) is 1. The van der Waals surface area contributed by atoms with Crippen molar-refractivity contribution in [3.8, 4) is 17.0 Å². The normalized spacial score (nSPS) is 21.7. The lowest BCUT2D eigenvalue weighted by molar-refractivity contribution is 0.0869. The Kier molecular flexibility index (Phi) is 5.13. The van der Waals surface area contributed by atoms with Crippen LogP contribution in [0.15, 0.2) is 36.8 Å². The monoisotopic (exact) mass is 443 g/mol. The number of aromatic amines is 1. The number of fused-ring (bicyclic) bond motifs is 2. The molecule has 0 radical (unpaired) electrons. The van der Waals surface area contributed by atoms with Crippen LogP contribution in [0.4, 0.5) is 0 Å². The molecule has 4 heterocycles. The van der Waals surface area contributed by atoms with Gasteiger partial charge in [-0.2, -0.15) is 5.10 Å². The van der Waals surface area contributed by atoms with Crippen LogP contribution in [0.2, 0.25) is 0 Å². The topological polar surface area (TPSA) is 58.5 Å². The van der Waals surface area contributed by atoms with E-state index in [4.69, 9.17) is 4.74 Å². The van der Waals surface area contributed by atoms with E-state index in [1.807, 2.05) is 6.20 Å². The van der Waals surface area contributed by atoms with E-state index in [1.165, 1.54) is 67.2 Å². The fraction of sp³-hybridized carbons (Fsp3) is 0.481. The Morgan fingerprint density at radius 2 is 1.91 bits per heavy atom. The van der Waals surface area contributed by atoms with E-state index in [0.717, 1.165) is 28.7 Å². The molecule has 2 fully saturated rings. The first-order chi connectivity index (χ1) is 16.1. The zero-order chi connectivity index (χ0) is 22.5. The molecule has 0 unspecified atom stereocenters. The van der Waals surface area contributed by atoms with Crippen LogP contribution in [0.5, 0.6) is 5.75 Å². The number of hydrogen-bond acceptors (Lipinski definition) is 4. The lowest BCUT2D eigenvalue weighted by atomic mass is 9.80. The summed E-state index contributed by atoms with van der Waals surface area (Å²) in [5.41, 5.74) is 7.02. The van der Waals surface area contributed by atoms with Gasteiger partial charge in [0.05, 0.1) is 12.8 Å². The highest BCUT2D eigenvalue weighted by atomic mass is 16.5. The maximum Gasteiger partial charge on any atom is 0.197 e. The highest BCUT2D eigenvalue weighted by Crippen LogP contribution is 2.41. The molecule has 6 heteroatoms. The van der Waals surface area contributed by atoms with Gasteiger partial charge in [0.2, 0.25) is 0 Å². The van der Waals surface area contributed by atoms with Crippen molar-refractivity contribution in [2.75, 3.05) is 20.2 Å². The van der Waals surface area contributed by atoms with Gasteiger partial charge >= 0.3 is 0 Å². The molecule has 0 amide bonds. The Morgan fingerprint density at radius 3 is 2.61 bits per heavy atom. The van der Waals surface area contributed by atoms with Crippen molar-refractivity contribution in [2.24, 2.45) is 0 Å². The molecule has 1 saturated heterocycles. The van der Waals surface area contributed by atoms with Gasteiger partial charge in [-0.15, -0.1) is 0 Å². The summed E-state index contributed by atoms with van der Waals surface area (Å²) in [6.07, 6.45) is 10.3. The predicted molar refractivity (Wildman–Crippen MR) is 132 cm³/mol. The summed E-state index contributed by atoms with van der Waals surface area (Å²) in [5.74, 6) is 1.80. The lowest BCUT2D eigenvalue weighted by Gasteiger charge is -2.42. The van der Waals surface area contributed by atoms with Crippen LogP contribution < -0.4 is 4.74 Å². The van der Waals surface area contributed by atoms with Crippen molar-refractivity contribution in [3.63, 3.8) is 0 Å². The largest absolute Gasteiger partial charge is 0.493 e. The first kappa shape index (κ1) is 20.7. The van der Waals surface area contributed by atoms with Crippen LogP contribution in [0.1, 0.15) is 68.9 Å². The number of likely N-dealkylation sites (tertiary alicyclic amines) is 1. The van der Waals surface area contributed by atoms with Gasteiger partial charge in [-0.1, -0.05) is 19.9 Å². The molecular formula is C27H33N5O. The van der Waals surface area contributed by atoms with Gasteiger partial charge < -0.3 is 14.6 Å². The fourth-order valence-corrected chi connectivity index (χ4v) is 5.97. The minimum absolute atomic E-state index is 0.392. The molecule has 172 valence electrons. The second kappa shape index (κ2) is 8.17. The number of H-pyrrole nitrogens is 1. The number of nitrogens with one attached hydrogen (secondary N) is 1. The second-order valence-corrected chi connectivity index (χ2v) is 10.1. The van der Waals surface area contributed by atoms with Crippen LogP contribution in [0.3, 0.4) is 0 Å². The standard InChI is InChI=1S/C27H33N5O/c1-17(2)25-22-13-19(18-5-8-21(9-6-18)31-11-4-12-31)7-10-23(22)30-26(25)20-14-24(33-3)27-28-16-29-32(27)15-20/h7,10,13-18,21,30H,4-6,8-9,11-12H2,1-3H3. The summed E-state index contributed by atoms with van der Waals surface area (Å²) in [7, 11) is 1.69. The zero-order valence-electron chi connectivity index (χ0n) is 19.8. The molecule has 4 aromatic rings. The van der Waals surface area contributed by atoms with Gasteiger partial charge in [-0.3, -0.25) is 0 Å². The first-order valence-electron chi connectivity index (χ1n) is 12.4. The molecule has 1 aliphatic carbocycles. The van der Waals surface area contributed by atoms with Crippen molar-refractivity contribution in [3.05, 3.63) is 47.9 Å². The van der Waals surface area contributed by atoms with E-state index in [1.54, 1.807) is 18.0 Å². The summed E-state index contributed by atoms with van der Waals surface area (Å²) in [6, 6.07) is 9.99. The number of methoxy groups -OCH3 is 1. The van der Waals surface area contributed by atoms with Crippen molar-refractivity contribution >= 4 is 16.6 Å². The molecule has 6 nitrogen and oxygen atoms in total. The molecule has 0 bridgehead atoms. The number of aromatic nitrogens is 4. The molecule has 1 saturated carbocycles. The number of benzene rings is 1. The Balaban J connectivity index is 1.38. The summed E-state index contributed by atoms with van der Waals surface area (Å²) >= 11 is 0. The highest BCUT2D eigenvalue weighted by molar-refractivity contribution is 5.92. The molecule has 33 heavy (non-hydrogen) atoms. The molecule has 1 aliphatic heterocycles. The maximum absolute atomic E-state index is 5.62. The predicted octanol–water partition coefficient (Wildman–Crippen LogP) is 5.74. The first-order valence-corrected chi connectivity index (χ1v) is 12.4. The average molecular weight is 444 g/mol. The van der Waals surface area contributed by atoms with E-state index in [-0.39, 0.29) is 0 Å². The average Bonchev–Trinajstić information content (AvgIpc) is 3.41. The molecule has 1 aromatic carbocycles. The quantitative estimate of drug-likeness (QED) is 0.427. The third kappa shape index (κ3) is 3.52. The number of rotatable bonds is 5. The molecule has 0 atom stereocenters. The lowest BCUT2D eigenvalue weighted by Crippen LogP contribution is -2.46. The molecular weight excluding hydrogens is 410 g/mol. The maximum atomic E-state index is 5.62. The van der Waals surface area contributed by atoms with Gasteiger partial charge in [0.25, 0.3) is 0 Å². The Labute approximate surface area is 195 Å². The zero-order valence-corrected chi connectivity index (χ0v) is 19.8. The van der Waals surface area contributed by atoms with E-state index < -0.39 is 0 Å². The summed E-state index contributed by atoms with van der Waals surface area (Å²) < 4.78 is 7.42. The molecule has 1 N–H and O–H groups in total. The Bertz CT molecular complexity index is 1290. The van der Waals surface area contributed by atoms with Gasteiger partial charge in [0.1, 0.15) is 6.33 Å². The van der Waals surface area contributed by atoms with E-state index in [9.17, 15) is 0 Å². The molecule has 6 rings (SSSR count). The fourth-order valence-electron chi connectivity index (χ4n) is 5.97. The summed E-state index contributed by atoms with van der Waals surface area (Å²) in [5, 5.41) is 5.70. The Morgan fingerprint density at radius 1 is 1.09 bits per heavy atom. The summed E-state index contributed by atoms with van der Waals surface area (Å²) in [6.45, 7) is 7.19. The van der Waals surface area contributed by atoms with Crippen molar-refractivity contribution in [1.29, 1.82) is 0 Å². The van der Waals surface area contributed by atoms with E-state index >= 15 is 0 Å². The van der Waals surface area contributed by atoms with Gasteiger partial charge in [0, 0.05) is 28.7 Å². The van der Waals surface area contributed by atoms with Crippen LogP contribution in [-0.4, -0.2) is 50.7 Å². The molecule has 3 aromatic heterocycles. The van der Waals surface area contributed by atoms with Crippen molar-refractivity contribution in [1.82, 2.24) is 24.5 Å². The van der Waals surface area contributed by atoms with E-state index in [0.29, 0.717) is 11.8 Å². The van der Waals surface area contributed by atoms with Crippen molar-refractivity contribution < 1.29 is 4.74 Å². The van der Waals surface area contributed by atoms with Crippen molar-refractivity contribution in [2.45, 2.75) is 63.8 Å². The van der Waals surface area contributed by atoms with Crippen LogP contribution >= 0.6 is 0 Å². The van der Waals surface area contributed by atoms with Crippen LogP contribution in [-0.2, 0) is 0 Å². The van der Waals surface area contributed by atoms with Gasteiger partial charge in [0.15, 0.2) is 11.4 Å². The van der Waals surface area contributed by atoms with Gasteiger partial charge in [-0.05, 0) is 86.4 Å². The third-order valence-corrected chi connectivity index (χ3v) is 7.87. The minimum Gasteiger partial charge on any atom is -0.493 e. The van der Waals surface area contributed by atoms with Crippen LogP contribution in [0.25, 0.3) is 27.8 Å². The van der Waals surface area contributed by atoms with Gasteiger partial charge in [-0.25, -0.2) is 9.50 Å². The smallest absolute Gasteiger partial charge is 0.197 e. The summed E-state index contributed by atoms with van der Waals surface area (Å²) in [4.78, 5) is 10.7. The number of hydrogen-bond donors (Lipinski definition) is 1. The number of pyridine rings is 1. The highest BCUT2D eigenvalue weighted by Gasteiger charge is 2.29. The minimum atomic E-state index is 0.392. The second-order valence-electron chi connectivity index (χ2n) is 10.1. The Hall–Kier alpha value is -2.86. The van der Waals surface area contributed by atoms with E-state index in [2.05, 4.69) is 58.1 Å². The molecule has 2 aliphatic rings.